The van der Waals surface area contributed by atoms with Crippen LogP contribution in [0.3, 0.4) is 0 Å². The van der Waals surface area contributed by atoms with Crippen molar-refractivity contribution in [2.45, 2.75) is 63.8 Å². The molecule has 11 nitrogen and oxygen atoms in total. The first kappa shape index (κ1) is 25.8. The quantitative estimate of drug-likeness (QED) is 0.410. The van der Waals surface area contributed by atoms with E-state index >= 15 is 0 Å². The zero-order valence-corrected chi connectivity index (χ0v) is 23.9. The second-order valence-electron chi connectivity index (χ2n) is 12.4. The molecule has 208 valence electrons. The highest BCUT2D eigenvalue weighted by Crippen LogP contribution is 2.64. The van der Waals surface area contributed by atoms with E-state index < -0.39 is 15.9 Å². The highest BCUT2D eigenvalue weighted by Gasteiger charge is 2.57. The third-order valence-electron chi connectivity index (χ3n) is 8.69. The number of hydrogen-bond acceptors (Lipinski definition) is 7. The minimum absolute atomic E-state index is 0.0162. The van der Waals surface area contributed by atoms with Crippen molar-refractivity contribution in [1.82, 2.24) is 24.6 Å². The van der Waals surface area contributed by atoms with Gasteiger partial charge in [-0.25, -0.2) is 22.8 Å². The SMILES string of the molecule is Cc1c(S(=O)(=O)NC(=O)c2ccc(-n3ccc(OCC45CC(C4)C5)n3)nc2N2C[C@@H](C)CC2(C)C)c[nH][n+]1C. The minimum atomic E-state index is -4.10. The van der Waals surface area contributed by atoms with Crippen molar-refractivity contribution in [3.8, 4) is 11.7 Å². The van der Waals surface area contributed by atoms with E-state index in [4.69, 9.17) is 9.72 Å². The standard InChI is InChI=1S/C27H35N7O4S/c1-17-10-26(3,4)33(15-17)24-20(25(35)31-39(36,37)21-14-28-32(5)18(21)2)6-7-22(29-24)34-9-8-23(30-34)38-16-27-11-19(12-27)13-27/h6-9,14,17,19H,10-13,15-16H2,1-5H3,(H,31,35)/p+1/t17-,19?,27?/m0/s1. The van der Waals surface area contributed by atoms with Crippen molar-refractivity contribution >= 4 is 21.7 Å². The number of aryl methyl sites for hydroxylation is 1. The summed E-state index contributed by atoms with van der Waals surface area (Å²) in [6.45, 7) is 9.43. The molecular formula is C27H36N7O4S+. The molecule has 39 heavy (non-hydrogen) atoms. The van der Waals surface area contributed by atoms with E-state index in [0.717, 1.165) is 12.3 Å². The Morgan fingerprint density at radius 2 is 1.97 bits per heavy atom. The molecule has 4 aliphatic rings. The number of aromatic amines is 1. The van der Waals surface area contributed by atoms with E-state index in [0.29, 0.717) is 47.7 Å². The Labute approximate surface area is 228 Å². The van der Waals surface area contributed by atoms with Gasteiger partial charge in [0.05, 0.1) is 18.4 Å². The van der Waals surface area contributed by atoms with Crippen molar-refractivity contribution in [3.63, 3.8) is 0 Å². The number of nitrogens with zero attached hydrogens (tertiary/aromatic N) is 5. The molecular weight excluding hydrogens is 518 g/mol. The molecule has 1 saturated heterocycles. The molecule has 0 radical (unpaired) electrons. The number of nitrogens with one attached hydrogen (secondary N) is 2. The maximum absolute atomic E-state index is 13.5. The lowest BCUT2D eigenvalue weighted by Crippen LogP contribution is -2.55. The molecule has 4 fully saturated rings. The summed E-state index contributed by atoms with van der Waals surface area (Å²) in [4.78, 5) is 20.4. The fourth-order valence-corrected chi connectivity index (χ4v) is 7.71. The average Bonchev–Trinajstić information content (AvgIpc) is 3.48. The summed E-state index contributed by atoms with van der Waals surface area (Å²) in [5.41, 5.74) is 0.757. The number of carbonyl (C=O) groups excluding carboxylic acids is 1. The van der Waals surface area contributed by atoms with Gasteiger partial charge in [-0.2, -0.15) is 5.10 Å². The number of pyridine rings is 1. The molecule has 0 aromatic carbocycles. The Kier molecular flexibility index (Phi) is 5.83. The van der Waals surface area contributed by atoms with Gasteiger partial charge in [0.25, 0.3) is 15.9 Å². The van der Waals surface area contributed by atoms with E-state index in [1.54, 1.807) is 41.7 Å². The van der Waals surface area contributed by atoms with E-state index in [9.17, 15) is 13.2 Å². The molecule has 1 aliphatic heterocycles. The van der Waals surface area contributed by atoms with E-state index in [-0.39, 0.29) is 16.0 Å². The zero-order chi connectivity index (χ0) is 27.7. The van der Waals surface area contributed by atoms with Crippen LogP contribution in [0, 0.1) is 24.2 Å². The van der Waals surface area contributed by atoms with Gasteiger partial charge in [0.15, 0.2) is 17.8 Å². The average molecular weight is 555 g/mol. The first-order valence-corrected chi connectivity index (χ1v) is 14.9. The molecule has 2 bridgehead atoms. The van der Waals surface area contributed by atoms with E-state index in [1.165, 1.54) is 25.5 Å². The highest BCUT2D eigenvalue weighted by molar-refractivity contribution is 7.90. The summed E-state index contributed by atoms with van der Waals surface area (Å²) in [5, 5.41) is 7.40. The van der Waals surface area contributed by atoms with Crippen molar-refractivity contribution in [3.05, 3.63) is 41.9 Å². The smallest absolute Gasteiger partial charge is 0.272 e. The molecule has 0 spiro atoms. The van der Waals surface area contributed by atoms with Gasteiger partial charge in [-0.1, -0.05) is 6.92 Å². The third-order valence-corrected chi connectivity index (χ3v) is 10.1. The number of anilines is 1. The van der Waals surface area contributed by atoms with Crippen molar-refractivity contribution in [1.29, 1.82) is 0 Å². The number of ether oxygens (including phenoxy) is 1. The molecule has 1 amide bonds. The molecule has 4 heterocycles. The Balaban J connectivity index is 1.30. The van der Waals surface area contributed by atoms with Crippen LogP contribution in [-0.2, 0) is 17.1 Å². The van der Waals surface area contributed by atoms with E-state index in [2.05, 4.69) is 40.6 Å². The Morgan fingerprint density at radius 1 is 1.23 bits per heavy atom. The third kappa shape index (κ3) is 4.48. The number of rotatable bonds is 8. The largest absolute Gasteiger partial charge is 0.476 e. The molecule has 2 N–H and O–H groups in total. The van der Waals surface area contributed by atoms with Crippen LogP contribution < -0.4 is 19.0 Å². The number of carbonyl (C=O) groups is 1. The summed E-state index contributed by atoms with van der Waals surface area (Å²) in [6, 6.07) is 5.12. The molecule has 3 saturated carbocycles. The summed E-state index contributed by atoms with van der Waals surface area (Å²) in [7, 11) is -2.40. The number of aromatic nitrogens is 5. The van der Waals surface area contributed by atoms with Crippen LogP contribution in [-0.4, -0.2) is 52.9 Å². The predicted molar refractivity (Wildman–Crippen MR) is 143 cm³/mol. The van der Waals surface area contributed by atoms with Crippen molar-refractivity contribution in [2.24, 2.45) is 24.3 Å². The molecule has 1 atom stereocenters. The lowest BCUT2D eigenvalue weighted by molar-refractivity contribution is -0.733. The van der Waals surface area contributed by atoms with Gasteiger partial charge >= 0.3 is 0 Å². The van der Waals surface area contributed by atoms with Gasteiger partial charge in [-0.15, -0.1) is 9.78 Å². The number of hydrogen-bond donors (Lipinski definition) is 2. The predicted octanol–water partition coefficient (Wildman–Crippen LogP) is 2.65. The first-order valence-electron chi connectivity index (χ1n) is 13.4. The second-order valence-corrected chi connectivity index (χ2v) is 14.0. The summed E-state index contributed by atoms with van der Waals surface area (Å²) < 4.78 is 37.6. The van der Waals surface area contributed by atoms with Gasteiger partial charge in [-0.3, -0.25) is 4.79 Å². The summed E-state index contributed by atoms with van der Waals surface area (Å²) in [6.07, 6.45) is 7.83. The maximum atomic E-state index is 13.5. The van der Waals surface area contributed by atoms with Gasteiger partial charge in [0.2, 0.25) is 11.6 Å². The Hall–Kier alpha value is -3.41. The lowest BCUT2D eigenvalue weighted by atomic mass is 9.45. The van der Waals surface area contributed by atoms with Gasteiger partial charge in [0, 0.05) is 36.7 Å². The van der Waals surface area contributed by atoms with Gasteiger partial charge in [-0.05, 0) is 63.5 Å². The van der Waals surface area contributed by atoms with Crippen molar-refractivity contribution < 1.29 is 22.6 Å². The maximum Gasteiger partial charge on any atom is 0.272 e. The highest BCUT2D eigenvalue weighted by atomic mass is 32.2. The van der Waals surface area contributed by atoms with Crippen LogP contribution in [0.5, 0.6) is 5.88 Å². The fraction of sp³-hybridized carbons (Fsp3) is 0.556. The van der Waals surface area contributed by atoms with Gasteiger partial charge in [0.1, 0.15) is 5.82 Å². The van der Waals surface area contributed by atoms with Crippen LogP contribution in [0.15, 0.2) is 35.5 Å². The summed E-state index contributed by atoms with van der Waals surface area (Å²) >= 11 is 0. The minimum Gasteiger partial charge on any atom is -0.476 e. The zero-order valence-electron chi connectivity index (χ0n) is 23.1. The van der Waals surface area contributed by atoms with Crippen LogP contribution in [0.1, 0.15) is 62.5 Å². The number of sulfonamides is 1. The van der Waals surface area contributed by atoms with Crippen molar-refractivity contribution in [2.75, 3.05) is 18.1 Å². The Morgan fingerprint density at radius 3 is 2.56 bits per heavy atom. The number of amides is 1. The topological polar surface area (TPSA) is 126 Å². The van der Waals surface area contributed by atoms with E-state index in [1.807, 2.05) is 6.07 Å². The van der Waals surface area contributed by atoms with Crippen LogP contribution in [0.2, 0.25) is 0 Å². The number of H-pyrrole nitrogens is 1. The van der Waals surface area contributed by atoms with Crippen LogP contribution in [0.4, 0.5) is 5.82 Å². The normalized spacial score (nSPS) is 25.2. The summed E-state index contributed by atoms with van der Waals surface area (Å²) in [5.74, 6) is 2.04. The molecule has 7 rings (SSSR count). The fourth-order valence-electron chi connectivity index (χ4n) is 6.51. The second kappa shape index (κ2) is 8.80. The molecule has 3 aliphatic carbocycles. The molecule has 3 aromatic heterocycles. The Bertz CT molecular complexity index is 1540. The van der Waals surface area contributed by atoms with Gasteiger partial charge < -0.3 is 9.64 Å². The molecule has 3 aromatic rings. The monoisotopic (exact) mass is 554 g/mol. The lowest BCUT2D eigenvalue weighted by Gasteiger charge is -2.61. The molecule has 0 unspecified atom stereocenters. The first-order chi connectivity index (χ1) is 18.4. The van der Waals surface area contributed by atoms with Crippen LogP contribution >= 0.6 is 0 Å². The molecule has 12 heteroatoms. The van der Waals surface area contributed by atoms with Crippen LogP contribution in [0.25, 0.3) is 5.82 Å².